The van der Waals surface area contributed by atoms with Crippen molar-refractivity contribution in [3.63, 3.8) is 0 Å². The van der Waals surface area contributed by atoms with E-state index in [4.69, 9.17) is 4.74 Å². The predicted octanol–water partition coefficient (Wildman–Crippen LogP) is 2.91. The Morgan fingerprint density at radius 2 is 1.91 bits per heavy atom. The number of ether oxygens (including phenoxy) is 1. The van der Waals surface area contributed by atoms with Crippen LogP contribution in [0.4, 0.5) is 0 Å². The minimum absolute atomic E-state index is 0.0541. The fourth-order valence-corrected chi connectivity index (χ4v) is 7.55. The van der Waals surface area contributed by atoms with Crippen molar-refractivity contribution in [1.29, 1.82) is 0 Å². The van der Waals surface area contributed by atoms with Crippen molar-refractivity contribution >= 4 is 15.7 Å². The number of carbonyl (C=O) groups is 1. The van der Waals surface area contributed by atoms with Gasteiger partial charge in [0.05, 0.1) is 30.4 Å². The number of aromatic nitrogens is 2. The van der Waals surface area contributed by atoms with Crippen LogP contribution in [0, 0.1) is 5.92 Å². The number of carbonyl (C=O) groups excluding carboxylic acids is 1. The number of nitrogens with zero attached hydrogens (tertiary/aromatic N) is 3. The van der Waals surface area contributed by atoms with Crippen LogP contribution in [0.25, 0.3) is 11.3 Å². The number of sulfone groups is 1. The molecule has 2 aromatic rings. The van der Waals surface area contributed by atoms with E-state index in [0.29, 0.717) is 30.6 Å². The van der Waals surface area contributed by atoms with Crippen molar-refractivity contribution in [2.24, 2.45) is 5.92 Å². The first-order chi connectivity index (χ1) is 16.4. The van der Waals surface area contributed by atoms with Crippen molar-refractivity contribution in [3.8, 4) is 17.0 Å². The van der Waals surface area contributed by atoms with Gasteiger partial charge in [-0.2, -0.15) is 5.10 Å². The molecule has 0 radical (unpaired) electrons. The van der Waals surface area contributed by atoms with E-state index in [1.165, 1.54) is 38.8 Å². The first-order valence-corrected chi connectivity index (χ1v) is 14.2. The number of fused-ring (bicyclic) bond motifs is 1. The van der Waals surface area contributed by atoms with Crippen molar-refractivity contribution < 1.29 is 17.9 Å². The second-order valence-electron chi connectivity index (χ2n) is 9.86. The summed E-state index contributed by atoms with van der Waals surface area (Å²) in [5, 5.41) is 7.76. The molecule has 3 aliphatic heterocycles. The minimum atomic E-state index is -3.09. The monoisotopic (exact) mass is 486 g/mol. The summed E-state index contributed by atoms with van der Waals surface area (Å²) in [5.74, 6) is 1.22. The molecule has 5 rings (SSSR count). The molecule has 0 unspecified atom stereocenters. The summed E-state index contributed by atoms with van der Waals surface area (Å²) >= 11 is 0. The standard InChI is InChI=1S/C25H34N4O4S/c1-33-21-9-7-18(8-10-21)24-15-22(27-29(24)20-11-14-34(31,32)17-20)25(30)26-16-19-5-4-13-28-12-3-2-6-23(19)28/h7-10,15,19-20,23H,2-6,11-14,16-17H2,1H3,(H,26,30)/t19-,20+,23-/m0/s1. The zero-order valence-corrected chi connectivity index (χ0v) is 20.6. The Balaban J connectivity index is 1.36. The second kappa shape index (κ2) is 9.70. The molecule has 4 heterocycles. The number of nitrogens with one attached hydrogen (secondary N) is 1. The Morgan fingerprint density at radius 1 is 1.12 bits per heavy atom. The van der Waals surface area contributed by atoms with Gasteiger partial charge in [-0.15, -0.1) is 0 Å². The maximum atomic E-state index is 13.1. The predicted molar refractivity (Wildman–Crippen MR) is 131 cm³/mol. The number of methoxy groups -OCH3 is 1. The van der Waals surface area contributed by atoms with Gasteiger partial charge >= 0.3 is 0 Å². The van der Waals surface area contributed by atoms with Crippen LogP contribution in [-0.4, -0.2) is 73.3 Å². The van der Waals surface area contributed by atoms with Gasteiger partial charge in [0.2, 0.25) is 0 Å². The van der Waals surface area contributed by atoms with Gasteiger partial charge in [-0.1, -0.05) is 6.42 Å². The van der Waals surface area contributed by atoms with Gasteiger partial charge in [-0.25, -0.2) is 8.42 Å². The highest BCUT2D eigenvalue weighted by Crippen LogP contribution is 2.32. The van der Waals surface area contributed by atoms with Crippen LogP contribution >= 0.6 is 0 Å². The highest BCUT2D eigenvalue weighted by Gasteiger charge is 2.34. The average Bonchev–Trinajstić information content (AvgIpc) is 3.46. The van der Waals surface area contributed by atoms with Gasteiger partial charge in [-0.3, -0.25) is 9.48 Å². The molecular formula is C25H34N4O4S. The van der Waals surface area contributed by atoms with E-state index in [2.05, 4.69) is 15.3 Å². The van der Waals surface area contributed by atoms with Crippen LogP contribution in [-0.2, 0) is 9.84 Å². The fraction of sp³-hybridized carbons (Fsp3) is 0.600. The highest BCUT2D eigenvalue weighted by atomic mass is 32.2. The molecule has 8 nitrogen and oxygen atoms in total. The van der Waals surface area contributed by atoms with E-state index in [9.17, 15) is 13.2 Å². The van der Waals surface area contributed by atoms with Crippen molar-refractivity contribution in [2.75, 3.05) is 38.2 Å². The molecule has 1 aromatic carbocycles. The van der Waals surface area contributed by atoms with Crippen LogP contribution in [0.3, 0.4) is 0 Å². The molecule has 3 saturated heterocycles. The average molecular weight is 487 g/mol. The SMILES string of the molecule is COc1ccc(-c2cc(C(=O)NC[C@@H]3CCCN4CCCC[C@@H]34)nn2[C@@H]2CCS(=O)(=O)C2)cc1. The largest absolute Gasteiger partial charge is 0.497 e. The highest BCUT2D eigenvalue weighted by molar-refractivity contribution is 7.91. The Labute approximate surface area is 201 Å². The smallest absolute Gasteiger partial charge is 0.271 e. The third-order valence-electron chi connectivity index (χ3n) is 7.66. The summed E-state index contributed by atoms with van der Waals surface area (Å²) < 4.78 is 31.3. The van der Waals surface area contributed by atoms with E-state index in [1.54, 1.807) is 17.9 Å². The van der Waals surface area contributed by atoms with Gasteiger partial charge in [0.25, 0.3) is 5.91 Å². The van der Waals surface area contributed by atoms with Crippen LogP contribution in [0.2, 0.25) is 0 Å². The van der Waals surface area contributed by atoms with Gasteiger partial charge in [0.1, 0.15) is 5.75 Å². The molecule has 0 spiro atoms. The Hall–Kier alpha value is -2.39. The second-order valence-corrected chi connectivity index (χ2v) is 12.1. The molecule has 3 fully saturated rings. The Bertz CT molecular complexity index is 1130. The summed E-state index contributed by atoms with van der Waals surface area (Å²) in [4.78, 5) is 15.7. The first kappa shape index (κ1) is 23.4. The maximum Gasteiger partial charge on any atom is 0.271 e. The van der Waals surface area contributed by atoms with Crippen molar-refractivity contribution in [1.82, 2.24) is 20.0 Å². The number of rotatable bonds is 6. The summed E-state index contributed by atoms with van der Waals surface area (Å²) in [6.45, 7) is 3.01. The van der Waals surface area contributed by atoms with Crippen LogP contribution in [0.5, 0.6) is 5.75 Å². The molecule has 3 atom stereocenters. The lowest BCUT2D eigenvalue weighted by atomic mass is 9.83. The Kier molecular flexibility index (Phi) is 6.66. The molecule has 0 aliphatic carbocycles. The lowest BCUT2D eigenvalue weighted by molar-refractivity contribution is 0.0575. The summed E-state index contributed by atoms with van der Waals surface area (Å²) in [6.07, 6.45) is 6.60. The molecule has 34 heavy (non-hydrogen) atoms. The third-order valence-corrected chi connectivity index (χ3v) is 9.41. The quantitative estimate of drug-likeness (QED) is 0.675. The zero-order chi connectivity index (χ0) is 23.7. The Morgan fingerprint density at radius 3 is 2.65 bits per heavy atom. The molecular weight excluding hydrogens is 452 g/mol. The molecule has 1 amide bonds. The fourth-order valence-electron chi connectivity index (χ4n) is 5.86. The number of amides is 1. The molecule has 3 aliphatic rings. The van der Waals surface area contributed by atoms with E-state index in [-0.39, 0.29) is 23.5 Å². The first-order valence-electron chi connectivity index (χ1n) is 12.4. The third kappa shape index (κ3) is 4.86. The van der Waals surface area contributed by atoms with E-state index < -0.39 is 9.84 Å². The van der Waals surface area contributed by atoms with Crippen LogP contribution in [0.15, 0.2) is 30.3 Å². The maximum absolute atomic E-state index is 13.1. The topological polar surface area (TPSA) is 93.5 Å². The summed E-state index contributed by atoms with van der Waals surface area (Å²) in [6, 6.07) is 9.63. The normalized spacial score (nSPS) is 26.7. The molecule has 184 valence electrons. The van der Waals surface area contributed by atoms with Gasteiger partial charge in [0.15, 0.2) is 15.5 Å². The van der Waals surface area contributed by atoms with E-state index in [1.807, 2.05) is 24.3 Å². The lowest BCUT2D eigenvalue weighted by Crippen LogP contribution is -2.51. The summed E-state index contributed by atoms with van der Waals surface area (Å²) in [5.41, 5.74) is 1.97. The van der Waals surface area contributed by atoms with Gasteiger partial charge in [0, 0.05) is 18.2 Å². The van der Waals surface area contributed by atoms with Gasteiger partial charge in [-0.05, 0) is 81.4 Å². The number of piperidine rings is 2. The lowest BCUT2D eigenvalue weighted by Gasteiger charge is -2.44. The van der Waals surface area contributed by atoms with Gasteiger partial charge < -0.3 is 15.0 Å². The van der Waals surface area contributed by atoms with Crippen LogP contribution < -0.4 is 10.1 Å². The molecule has 1 aromatic heterocycles. The number of benzene rings is 1. The zero-order valence-electron chi connectivity index (χ0n) is 19.8. The van der Waals surface area contributed by atoms with E-state index >= 15 is 0 Å². The van der Waals surface area contributed by atoms with Crippen LogP contribution in [0.1, 0.15) is 55.1 Å². The summed E-state index contributed by atoms with van der Waals surface area (Å²) in [7, 11) is -1.47. The minimum Gasteiger partial charge on any atom is -0.497 e. The molecule has 1 N–H and O–H groups in total. The molecule has 9 heteroatoms. The van der Waals surface area contributed by atoms with Crippen molar-refractivity contribution in [3.05, 3.63) is 36.0 Å². The number of hydrogen-bond acceptors (Lipinski definition) is 6. The molecule has 0 saturated carbocycles. The number of hydrogen-bond donors (Lipinski definition) is 1. The van der Waals surface area contributed by atoms with E-state index in [0.717, 1.165) is 23.4 Å². The van der Waals surface area contributed by atoms with Crippen molar-refractivity contribution in [2.45, 2.75) is 50.6 Å². The molecule has 0 bridgehead atoms.